The van der Waals surface area contributed by atoms with Crippen LogP contribution in [-0.2, 0) is 33.6 Å². The molecule has 0 aromatic carbocycles. The quantitative estimate of drug-likeness (QED) is 0.0161. The Kier molecular flexibility index (Phi) is 40.6. The van der Waals surface area contributed by atoms with Gasteiger partial charge in [-0.1, -0.05) is 194 Å². The Labute approximate surface area is 333 Å². The Morgan fingerprint density at radius 2 is 0.778 bits per heavy atom. The molecular weight excluding hydrogens is 707 g/mol. The van der Waals surface area contributed by atoms with Gasteiger partial charge in [0, 0.05) is 12.8 Å². The van der Waals surface area contributed by atoms with Crippen LogP contribution in [0.25, 0.3) is 0 Å². The highest BCUT2D eigenvalue weighted by Crippen LogP contribution is 2.17. The van der Waals surface area contributed by atoms with Gasteiger partial charge in [0.15, 0.2) is 6.54 Å². The molecule has 10 nitrogen and oxygen atoms in total. The molecule has 0 aliphatic rings. The summed E-state index contributed by atoms with van der Waals surface area (Å²) in [4.78, 5) is 25.3. The average Bonchev–Trinajstić information content (AvgIpc) is 3.11. The van der Waals surface area contributed by atoms with Gasteiger partial charge in [0.1, 0.15) is 6.54 Å². The topological polar surface area (TPSA) is 139 Å². The van der Waals surface area contributed by atoms with Crippen LogP contribution in [0.15, 0.2) is 0 Å². The number of unbranched alkanes of at least 4 members (excludes halogenated alkanes) is 28. The highest BCUT2D eigenvalue weighted by molar-refractivity contribution is 7.80. The van der Waals surface area contributed by atoms with Crippen LogP contribution in [0, 0.1) is 0 Å². The summed E-state index contributed by atoms with van der Waals surface area (Å²) in [5.74, 6) is -0.586. The number of carbonyl (C=O) groups is 2. The van der Waals surface area contributed by atoms with Crippen molar-refractivity contribution in [3.8, 4) is 0 Å². The summed E-state index contributed by atoms with van der Waals surface area (Å²) in [5.41, 5.74) is 0. The number of rotatable bonds is 39. The lowest BCUT2D eigenvalue weighted by Crippen LogP contribution is -2.49. The van der Waals surface area contributed by atoms with Crippen molar-refractivity contribution in [2.75, 3.05) is 40.9 Å². The van der Waals surface area contributed by atoms with E-state index in [0.717, 1.165) is 45.6 Å². The first kappa shape index (κ1) is 54.8. The molecule has 0 saturated heterocycles. The van der Waals surface area contributed by atoms with E-state index in [4.69, 9.17) is 9.47 Å². The zero-order valence-electron chi connectivity index (χ0n) is 35.9. The van der Waals surface area contributed by atoms with Crippen LogP contribution in [0.2, 0.25) is 0 Å². The molecular formula is C43H87NO9S. The van der Waals surface area contributed by atoms with E-state index in [-0.39, 0.29) is 18.5 Å². The minimum Gasteiger partial charge on any atom is -0.726 e. The molecule has 0 aliphatic heterocycles. The van der Waals surface area contributed by atoms with Gasteiger partial charge in [-0.3, -0.25) is 13.8 Å². The van der Waals surface area contributed by atoms with E-state index in [9.17, 15) is 27.7 Å². The molecule has 0 radical (unpaired) electrons. The van der Waals surface area contributed by atoms with Gasteiger partial charge < -0.3 is 23.6 Å². The predicted molar refractivity (Wildman–Crippen MR) is 221 cm³/mol. The summed E-state index contributed by atoms with van der Waals surface area (Å²) >= 11 is 0. The fourth-order valence-corrected chi connectivity index (χ4v) is 6.56. The van der Waals surface area contributed by atoms with Crippen LogP contribution in [0.3, 0.4) is 0 Å². The predicted octanol–water partition coefficient (Wildman–Crippen LogP) is 11.1. The van der Waals surface area contributed by atoms with Gasteiger partial charge in [-0.2, -0.15) is 0 Å². The molecule has 0 amide bonds. The van der Waals surface area contributed by atoms with E-state index in [2.05, 4.69) is 18.0 Å². The third-order valence-electron chi connectivity index (χ3n) is 10.0. The maximum Gasteiger partial charge on any atom is 0.309 e. The molecule has 1 N–H and O–H groups in total. The van der Waals surface area contributed by atoms with Crippen molar-refractivity contribution in [2.45, 2.75) is 226 Å². The van der Waals surface area contributed by atoms with Gasteiger partial charge in [0.05, 0.1) is 27.8 Å². The summed E-state index contributed by atoms with van der Waals surface area (Å²) in [5, 5.41) is 9.45. The summed E-state index contributed by atoms with van der Waals surface area (Å²) in [6.07, 6.45) is 38.4. The van der Waals surface area contributed by atoms with Crippen LogP contribution < -0.4 is 0 Å². The fraction of sp³-hybridized carbons (Fsp3) is 0.953. The number of nitrogens with zero attached hydrogens (tertiary/aromatic N) is 1. The Bertz CT molecular complexity index is 882. The Balaban J connectivity index is 0. The van der Waals surface area contributed by atoms with Gasteiger partial charge in [-0.15, -0.1) is 0 Å². The molecule has 0 bridgehead atoms. The highest BCUT2D eigenvalue weighted by Gasteiger charge is 2.28. The van der Waals surface area contributed by atoms with Crippen LogP contribution in [-0.4, -0.2) is 81.7 Å². The van der Waals surface area contributed by atoms with Gasteiger partial charge in [-0.25, -0.2) is 8.42 Å². The van der Waals surface area contributed by atoms with E-state index in [1.807, 2.05) is 14.1 Å². The number of hydrogen-bond donors (Lipinski definition) is 1. The molecule has 54 heavy (non-hydrogen) atoms. The van der Waals surface area contributed by atoms with E-state index in [1.54, 1.807) is 0 Å². The second-order valence-electron chi connectivity index (χ2n) is 15.9. The first-order chi connectivity index (χ1) is 25.9. The SMILES string of the molecule is CCCCCCCCCCCCCCCCCC(=O)OC(C[N+](C)(C)CCO)OC(=O)CCCCCCCCCCCCCCCCC.COS(=O)(=O)[O-]. The third kappa shape index (κ3) is 45.1. The molecule has 0 aromatic heterocycles. The molecule has 0 aromatic rings. The Morgan fingerprint density at radius 1 is 0.537 bits per heavy atom. The molecule has 0 fully saturated rings. The molecule has 324 valence electrons. The van der Waals surface area contributed by atoms with Crippen molar-refractivity contribution in [3.05, 3.63) is 0 Å². The summed E-state index contributed by atoms with van der Waals surface area (Å²) < 4.78 is 42.8. The van der Waals surface area contributed by atoms with Gasteiger partial charge in [0.2, 0.25) is 10.4 Å². The Morgan fingerprint density at radius 3 is 1.00 bits per heavy atom. The van der Waals surface area contributed by atoms with Crippen molar-refractivity contribution in [1.29, 1.82) is 0 Å². The van der Waals surface area contributed by atoms with E-state index < -0.39 is 16.7 Å². The number of hydrogen-bond acceptors (Lipinski definition) is 9. The largest absolute Gasteiger partial charge is 0.726 e. The normalized spacial score (nSPS) is 11.8. The molecule has 0 saturated carbocycles. The van der Waals surface area contributed by atoms with Crippen LogP contribution >= 0.6 is 0 Å². The zero-order valence-corrected chi connectivity index (χ0v) is 36.7. The smallest absolute Gasteiger partial charge is 0.309 e. The minimum atomic E-state index is -4.41. The Hall–Kier alpha value is -1.27. The van der Waals surface area contributed by atoms with Gasteiger partial charge in [-0.05, 0) is 12.8 Å². The standard InChI is InChI=1S/C42H84NO5.CH4O4S/c1-5-7-9-11-13-15-17-19-21-23-25-27-29-31-33-35-40(45)47-42(39-43(3,4)37-38-44)48-41(46)36-34-32-30-28-26-24-22-20-18-16-14-12-10-8-6-2;1-5-6(2,3)4/h42,44H,5-39H2,1-4H3;1H3,(H,2,3,4)/q+1;/p-1. The monoisotopic (exact) mass is 794 g/mol. The number of likely N-dealkylation sites (N-methyl/N-ethyl adjacent to an activating group) is 1. The summed E-state index contributed by atoms with van der Waals surface area (Å²) in [7, 11) is 0.301. The first-order valence-electron chi connectivity index (χ1n) is 22.2. The van der Waals surface area contributed by atoms with Crippen LogP contribution in [0.5, 0.6) is 0 Å². The lowest BCUT2D eigenvalue weighted by Gasteiger charge is -2.32. The molecule has 0 spiro atoms. The third-order valence-corrected chi connectivity index (χ3v) is 10.5. The number of aliphatic hydroxyl groups is 1. The average molecular weight is 794 g/mol. The van der Waals surface area contributed by atoms with Crippen molar-refractivity contribution in [2.24, 2.45) is 0 Å². The van der Waals surface area contributed by atoms with E-state index in [0.29, 0.717) is 30.4 Å². The lowest BCUT2D eigenvalue weighted by molar-refractivity contribution is -0.895. The van der Waals surface area contributed by atoms with E-state index in [1.165, 1.54) is 154 Å². The van der Waals surface area contributed by atoms with Gasteiger partial charge in [0.25, 0.3) is 6.29 Å². The minimum absolute atomic E-state index is 0.0276. The van der Waals surface area contributed by atoms with Crippen LogP contribution in [0.4, 0.5) is 0 Å². The summed E-state index contributed by atoms with van der Waals surface area (Å²) in [6.45, 7) is 5.42. The second kappa shape index (κ2) is 39.9. The fourth-order valence-electron chi connectivity index (χ4n) is 6.56. The number of quaternary nitrogens is 1. The molecule has 0 heterocycles. The summed E-state index contributed by atoms with van der Waals surface area (Å²) in [6, 6.07) is 0. The van der Waals surface area contributed by atoms with Crippen molar-refractivity contribution < 1.29 is 45.8 Å². The van der Waals surface area contributed by atoms with E-state index >= 15 is 0 Å². The number of esters is 2. The van der Waals surface area contributed by atoms with Crippen molar-refractivity contribution in [1.82, 2.24) is 0 Å². The van der Waals surface area contributed by atoms with Gasteiger partial charge >= 0.3 is 11.9 Å². The van der Waals surface area contributed by atoms with Crippen molar-refractivity contribution >= 4 is 22.3 Å². The highest BCUT2D eigenvalue weighted by atomic mass is 32.3. The maximum absolute atomic E-state index is 12.7. The number of ether oxygens (including phenoxy) is 2. The number of carbonyl (C=O) groups excluding carboxylic acids is 2. The number of aliphatic hydroxyl groups excluding tert-OH is 1. The molecule has 0 aliphatic carbocycles. The molecule has 0 atom stereocenters. The first-order valence-corrected chi connectivity index (χ1v) is 23.6. The van der Waals surface area contributed by atoms with Crippen LogP contribution in [0.1, 0.15) is 219 Å². The van der Waals surface area contributed by atoms with Crippen molar-refractivity contribution in [3.63, 3.8) is 0 Å². The zero-order chi connectivity index (χ0) is 40.6. The second-order valence-corrected chi connectivity index (χ2v) is 17.1. The molecule has 0 rings (SSSR count). The molecule has 11 heteroatoms. The lowest BCUT2D eigenvalue weighted by atomic mass is 10.0. The molecule has 0 unspecified atom stereocenters. The maximum atomic E-state index is 12.7.